The molecule has 1 aromatic heterocycles. The first-order chi connectivity index (χ1) is 8.51. The van der Waals surface area contributed by atoms with E-state index in [1.807, 2.05) is 25.9 Å². The van der Waals surface area contributed by atoms with Gasteiger partial charge in [0, 0.05) is 20.3 Å². The van der Waals surface area contributed by atoms with Crippen molar-refractivity contribution in [2.45, 2.75) is 19.4 Å². The third kappa shape index (κ3) is 3.10. The molecule has 1 amide bonds. The molecule has 0 aliphatic rings. The van der Waals surface area contributed by atoms with E-state index in [0.717, 1.165) is 5.69 Å². The van der Waals surface area contributed by atoms with E-state index in [1.165, 1.54) is 7.11 Å². The van der Waals surface area contributed by atoms with Gasteiger partial charge < -0.3 is 20.7 Å². The van der Waals surface area contributed by atoms with Crippen LogP contribution in [0.15, 0.2) is 12.3 Å². The fourth-order valence-electron chi connectivity index (χ4n) is 1.48. The summed E-state index contributed by atoms with van der Waals surface area (Å²) in [7, 11) is 5.27. The summed E-state index contributed by atoms with van der Waals surface area (Å²) in [5, 5.41) is 2.77. The van der Waals surface area contributed by atoms with Crippen molar-refractivity contribution in [3.8, 4) is 5.88 Å². The monoisotopic (exact) mass is 252 g/mol. The molecule has 0 bridgehead atoms. The Morgan fingerprint density at radius 1 is 1.61 bits per heavy atom. The number of nitrogens with one attached hydrogen (secondary N) is 1. The standard InChI is InChI=1S/C12H20N4O2/c1-5-8(13)11(17)15-10-9(16(2)3)6-7-14-12(10)18-4/h6-8H,5,13H2,1-4H3,(H,15,17). The number of carbonyl (C=O) groups excluding carboxylic acids is 1. The summed E-state index contributed by atoms with van der Waals surface area (Å²) in [4.78, 5) is 17.8. The van der Waals surface area contributed by atoms with E-state index in [-0.39, 0.29) is 5.91 Å². The van der Waals surface area contributed by atoms with Crippen molar-refractivity contribution < 1.29 is 9.53 Å². The molecule has 1 atom stereocenters. The highest BCUT2D eigenvalue weighted by Crippen LogP contribution is 2.31. The topological polar surface area (TPSA) is 80.5 Å². The van der Waals surface area contributed by atoms with Gasteiger partial charge in [-0.25, -0.2) is 4.98 Å². The lowest BCUT2D eigenvalue weighted by molar-refractivity contribution is -0.117. The summed E-state index contributed by atoms with van der Waals surface area (Å²) in [5.41, 5.74) is 7.05. The highest BCUT2D eigenvalue weighted by Gasteiger charge is 2.18. The van der Waals surface area contributed by atoms with E-state index in [2.05, 4.69) is 10.3 Å². The average molecular weight is 252 g/mol. The summed E-state index contributed by atoms with van der Waals surface area (Å²) in [6.07, 6.45) is 2.20. The molecule has 0 spiro atoms. The Balaban J connectivity index is 3.08. The number of methoxy groups -OCH3 is 1. The Morgan fingerprint density at radius 3 is 2.78 bits per heavy atom. The Kier molecular flexibility index (Phi) is 4.91. The molecule has 100 valence electrons. The highest BCUT2D eigenvalue weighted by molar-refractivity contribution is 5.98. The maximum atomic E-state index is 11.8. The Labute approximate surface area is 107 Å². The second-order valence-electron chi connectivity index (χ2n) is 4.11. The van der Waals surface area contributed by atoms with Crippen molar-refractivity contribution in [2.24, 2.45) is 5.73 Å². The van der Waals surface area contributed by atoms with Gasteiger partial charge in [-0.1, -0.05) is 6.92 Å². The second kappa shape index (κ2) is 6.20. The molecule has 0 saturated heterocycles. The second-order valence-corrected chi connectivity index (χ2v) is 4.11. The van der Waals surface area contributed by atoms with Crippen molar-refractivity contribution in [1.82, 2.24) is 4.98 Å². The number of carbonyl (C=O) groups is 1. The number of pyridine rings is 1. The smallest absolute Gasteiger partial charge is 0.241 e. The number of hydrogen-bond donors (Lipinski definition) is 2. The van der Waals surface area contributed by atoms with Crippen LogP contribution in [-0.4, -0.2) is 38.1 Å². The van der Waals surface area contributed by atoms with Crippen LogP contribution in [0.1, 0.15) is 13.3 Å². The van der Waals surface area contributed by atoms with Crippen LogP contribution in [0.4, 0.5) is 11.4 Å². The van der Waals surface area contributed by atoms with Crippen LogP contribution < -0.4 is 20.7 Å². The summed E-state index contributed by atoms with van der Waals surface area (Å²) in [6.45, 7) is 1.86. The zero-order chi connectivity index (χ0) is 13.7. The maximum absolute atomic E-state index is 11.8. The minimum absolute atomic E-state index is 0.244. The Hall–Kier alpha value is -1.82. The van der Waals surface area contributed by atoms with Crippen LogP contribution in [0.25, 0.3) is 0 Å². The molecule has 0 aromatic carbocycles. The van der Waals surface area contributed by atoms with E-state index in [0.29, 0.717) is 18.0 Å². The lowest BCUT2D eigenvalue weighted by Crippen LogP contribution is -2.35. The van der Waals surface area contributed by atoms with Crippen molar-refractivity contribution in [3.05, 3.63) is 12.3 Å². The molecule has 6 nitrogen and oxygen atoms in total. The van der Waals surface area contributed by atoms with E-state index in [1.54, 1.807) is 12.3 Å². The van der Waals surface area contributed by atoms with Crippen LogP contribution in [0, 0.1) is 0 Å². The largest absolute Gasteiger partial charge is 0.479 e. The highest BCUT2D eigenvalue weighted by atomic mass is 16.5. The van der Waals surface area contributed by atoms with Gasteiger partial charge in [0.25, 0.3) is 0 Å². The van der Waals surface area contributed by atoms with Gasteiger partial charge in [-0.15, -0.1) is 0 Å². The van der Waals surface area contributed by atoms with Gasteiger partial charge in [-0.2, -0.15) is 0 Å². The maximum Gasteiger partial charge on any atom is 0.241 e. The molecule has 1 heterocycles. The Morgan fingerprint density at radius 2 is 2.28 bits per heavy atom. The zero-order valence-corrected chi connectivity index (χ0v) is 11.2. The van der Waals surface area contributed by atoms with Crippen LogP contribution in [-0.2, 0) is 4.79 Å². The SMILES string of the molecule is CCC(N)C(=O)Nc1c(N(C)C)ccnc1OC. The number of rotatable bonds is 5. The van der Waals surface area contributed by atoms with E-state index in [4.69, 9.17) is 10.5 Å². The molecule has 18 heavy (non-hydrogen) atoms. The lowest BCUT2D eigenvalue weighted by Gasteiger charge is -2.20. The van der Waals surface area contributed by atoms with Gasteiger partial charge >= 0.3 is 0 Å². The van der Waals surface area contributed by atoms with E-state index < -0.39 is 6.04 Å². The molecule has 0 saturated carbocycles. The zero-order valence-electron chi connectivity index (χ0n) is 11.2. The molecule has 0 aliphatic heterocycles. The van der Waals surface area contributed by atoms with Gasteiger partial charge in [-0.3, -0.25) is 4.79 Å². The quantitative estimate of drug-likeness (QED) is 0.811. The van der Waals surface area contributed by atoms with Gasteiger partial charge in [0.15, 0.2) is 0 Å². The number of aromatic nitrogens is 1. The number of ether oxygens (including phenoxy) is 1. The minimum atomic E-state index is -0.537. The number of nitrogens with zero attached hydrogens (tertiary/aromatic N) is 2. The molecule has 3 N–H and O–H groups in total. The number of hydrogen-bond acceptors (Lipinski definition) is 5. The van der Waals surface area contributed by atoms with Crippen molar-refractivity contribution >= 4 is 17.3 Å². The van der Waals surface area contributed by atoms with Crippen molar-refractivity contribution in [3.63, 3.8) is 0 Å². The summed E-state index contributed by atoms with van der Waals surface area (Å²) >= 11 is 0. The predicted octanol–water partition coefficient (Wildman–Crippen LogP) is 0.832. The summed E-state index contributed by atoms with van der Waals surface area (Å²) < 4.78 is 5.16. The van der Waals surface area contributed by atoms with Gasteiger partial charge in [0.1, 0.15) is 5.69 Å². The third-order valence-corrected chi connectivity index (χ3v) is 2.59. The van der Waals surface area contributed by atoms with Crippen molar-refractivity contribution in [2.75, 3.05) is 31.4 Å². The number of amides is 1. The minimum Gasteiger partial charge on any atom is -0.479 e. The molecule has 6 heteroatoms. The van der Waals surface area contributed by atoms with Crippen LogP contribution in [0.3, 0.4) is 0 Å². The predicted molar refractivity (Wildman–Crippen MR) is 72.0 cm³/mol. The first kappa shape index (κ1) is 14.2. The first-order valence-electron chi connectivity index (χ1n) is 5.78. The van der Waals surface area contributed by atoms with Gasteiger partial charge in [0.2, 0.25) is 11.8 Å². The molecule has 0 radical (unpaired) electrons. The third-order valence-electron chi connectivity index (χ3n) is 2.59. The van der Waals surface area contributed by atoms with E-state index >= 15 is 0 Å². The number of nitrogens with two attached hydrogens (primary N) is 1. The average Bonchev–Trinajstić information content (AvgIpc) is 2.37. The fourth-order valence-corrected chi connectivity index (χ4v) is 1.48. The van der Waals surface area contributed by atoms with Crippen LogP contribution in [0.5, 0.6) is 5.88 Å². The lowest BCUT2D eigenvalue weighted by atomic mass is 10.2. The molecule has 1 rings (SSSR count). The molecular formula is C12H20N4O2. The molecule has 0 fully saturated rings. The number of anilines is 2. The first-order valence-corrected chi connectivity index (χ1v) is 5.78. The van der Waals surface area contributed by atoms with Crippen molar-refractivity contribution in [1.29, 1.82) is 0 Å². The van der Waals surface area contributed by atoms with Gasteiger partial charge in [-0.05, 0) is 12.5 Å². The summed E-state index contributed by atoms with van der Waals surface area (Å²) in [5.74, 6) is 0.129. The Bertz CT molecular complexity index is 421. The summed E-state index contributed by atoms with van der Waals surface area (Å²) in [6, 6.07) is 1.26. The normalized spacial score (nSPS) is 11.8. The molecule has 1 unspecified atom stereocenters. The van der Waals surface area contributed by atoms with E-state index in [9.17, 15) is 4.79 Å². The van der Waals surface area contributed by atoms with Crippen LogP contribution >= 0.6 is 0 Å². The van der Waals surface area contributed by atoms with Crippen LogP contribution in [0.2, 0.25) is 0 Å². The van der Waals surface area contributed by atoms with Gasteiger partial charge in [0.05, 0.1) is 18.8 Å². The molecular weight excluding hydrogens is 232 g/mol. The molecule has 0 aliphatic carbocycles. The fraction of sp³-hybridized carbons (Fsp3) is 0.500. The molecule has 1 aromatic rings.